The molecule has 6 aromatic carbocycles. The Bertz CT molecular complexity index is 2460. The van der Waals surface area contributed by atoms with Gasteiger partial charge in [0.1, 0.15) is 0 Å². The van der Waals surface area contributed by atoms with Crippen molar-refractivity contribution in [2.24, 2.45) is 0 Å². The normalized spacial score (nSPS) is 11.8. The Morgan fingerprint density at radius 2 is 1.10 bits per heavy atom. The number of pyridine rings is 1. The average molecular weight is 554 g/mol. The topological polar surface area (TPSA) is 30.2 Å². The number of aromatic nitrogens is 3. The van der Waals surface area contributed by atoms with E-state index in [4.69, 9.17) is 5.10 Å². The first kappa shape index (κ1) is 23.4. The molecular weight excluding hydrogens is 531 g/mol. The molecule has 0 aliphatic carbocycles. The van der Waals surface area contributed by atoms with Crippen molar-refractivity contribution in [2.75, 3.05) is 0 Å². The molecule has 0 bridgehead atoms. The van der Waals surface area contributed by atoms with Gasteiger partial charge in [-0.15, -0.1) is 21.5 Å². The van der Waals surface area contributed by atoms with Crippen molar-refractivity contribution in [1.82, 2.24) is 14.6 Å². The third-order valence-electron chi connectivity index (χ3n) is 8.35. The van der Waals surface area contributed by atoms with Crippen LogP contribution in [0.5, 0.6) is 0 Å². The summed E-state index contributed by atoms with van der Waals surface area (Å²) < 4.78 is 4.80. The maximum Gasteiger partial charge on any atom is 0.169 e. The molecular formula is C38H23N3S. The predicted molar refractivity (Wildman–Crippen MR) is 177 cm³/mol. The lowest BCUT2D eigenvalue weighted by Crippen LogP contribution is -1.94. The summed E-state index contributed by atoms with van der Waals surface area (Å²) in [6.45, 7) is 0. The van der Waals surface area contributed by atoms with E-state index < -0.39 is 0 Å². The van der Waals surface area contributed by atoms with E-state index in [2.05, 4.69) is 149 Å². The van der Waals surface area contributed by atoms with E-state index in [9.17, 15) is 0 Å². The molecule has 3 aromatic heterocycles. The van der Waals surface area contributed by atoms with Crippen molar-refractivity contribution in [2.45, 2.75) is 0 Å². The number of fused-ring (bicyclic) bond motifs is 7. The number of hydrogen-bond donors (Lipinski definition) is 0. The minimum atomic E-state index is 0.837. The largest absolute Gasteiger partial charge is 0.281 e. The van der Waals surface area contributed by atoms with E-state index in [-0.39, 0.29) is 0 Å². The lowest BCUT2D eigenvalue weighted by molar-refractivity contribution is 1.11. The van der Waals surface area contributed by atoms with Gasteiger partial charge in [0.2, 0.25) is 0 Å². The molecule has 0 unspecified atom stereocenters. The van der Waals surface area contributed by atoms with E-state index in [0.717, 1.165) is 22.4 Å². The Hall–Kier alpha value is -5.32. The van der Waals surface area contributed by atoms with Gasteiger partial charge in [-0.3, -0.25) is 4.40 Å². The highest BCUT2D eigenvalue weighted by atomic mass is 32.1. The fourth-order valence-electron chi connectivity index (χ4n) is 6.35. The molecule has 0 saturated carbocycles. The van der Waals surface area contributed by atoms with Gasteiger partial charge < -0.3 is 0 Å². The number of nitrogens with zero attached hydrogens (tertiary/aromatic N) is 3. The van der Waals surface area contributed by atoms with Crippen molar-refractivity contribution >= 4 is 58.7 Å². The van der Waals surface area contributed by atoms with Crippen LogP contribution in [0.2, 0.25) is 0 Å². The second kappa shape index (κ2) is 9.10. The van der Waals surface area contributed by atoms with Gasteiger partial charge in [0.15, 0.2) is 11.5 Å². The Labute approximate surface area is 245 Å². The number of hydrogen-bond acceptors (Lipinski definition) is 3. The smallest absolute Gasteiger partial charge is 0.169 e. The van der Waals surface area contributed by atoms with E-state index in [1.165, 1.54) is 58.6 Å². The van der Waals surface area contributed by atoms with Crippen LogP contribution >= 0.6 is 11.3 Å². The molecule has 0 radical (unpaired) electrons. The van der Waals surface area contributed by atoms with Gasteiger partial charge in [-0.1, -0.05) is 127 Å². The number of rotatable bonds is 3. The first-order valence-corrected chi connectivity index (χ1v) is 14.9. The fraction of sp³-hybridized carbons (Fsp3) is 0. The van der Waals surface area contributed by atoms with E-state index in [0.29, 0.717) is 0 Å². The van der Waals surface area contributed by atoms with Gasteiger partial charge in [0.05, 0.1) is 0 Å². The summed E-state index contributed by atoms with van der Waals surface area (Å²) in [6.07, 6.45) is 2.21. The molecule has 0 aliphatic heterocycles. The summed E-state index contributed by atoms with van der Waals surface area (Å²) >= 11 is 1.86. The third-order valence-corrected chi connectivity index (χ3v) is 9.57. The molecule has 0 fully saturated rings. The molecule has 9 rings (SSSR count). The van der Waals surface area contributed by atoms with Crippen LogP contribution in [-0.4, -0.2) is 14.6 Å². The van der Waals surface area contributed by atoms with Crippen LogP contribution in [-0.2, 0) is 0 Å². The van der Waals surface area contributed by atoms with E-state index in [1.807, 2.05) is 11.3 Å². The molecule has 3 nitrogen and oxygen atoms in total. The summed E-state index contributed by atoms with van der Waals surface area (Å²) in [5.74, 6) is 0.837. The van der Waals surface area contributed by atoms with Crippen LogP contribution in [0.3, 0.4) is 0 Å². The Kier molecular flexibility index (Phi) is 5.07. The maximum atomic E-state index is 4.71. The average Bonchev–Trinajstić information content (AvgIpc) is 3.66. The first-order chi connectivity index (χ1) is 20.8. The molecule has 42 heavy (non-hydrogen) atoms. The van der Waals surface area contributed by atoms with Gasteiger partial charge in [-0.05, 0) is 38.9 Å². The van der Waals surface area contributed by atoms with Crippen LogP contribution in [0.4, 0.5) is 0 Å². The highest BCUT2D eigenvalue weighted by Crippen LogP contribution is 2.40. The quantitative estimate of drug-likeness (QED) is 0.218. The molecule has 0 saturated heterocycles. The summed E-state index contributed by atoms with van der Waals surface area (Å²) in [6, 6.07) is 47.6. The molecule has 9 aromatic rings. The van der Waals surface area contributed by atoms with Crippen LogP contribution in [0, 0.1) is 0 Å². The molecule has 0 N–H and O–H groups in total. The standard InChI is InChI=1S/C38H23N3S/c1-2-11-27-24(9-1)10-7-16-29(27)34-23-41-37(39-40-38(41)33-14-4-3-12-30(33)34)26-21-19-25(20-22-26)28-15-8-17-32-31-13-5-6-18-35(31)42-36(28)32/h1-23H. The van der Waals surface area contributed by atoms with Crippen LogP contribution < -0.4 is 0 Å². The van der Waals surface area contributed by atoms with Crippen molar-refractivity contribution in [3.63, 3.8) is 0 Å². The second-order valence-corrected chi connectivity index (χ2v) is 11.7. The summed E-state index contributed by atoms with van der Waals surface area (Å²) in [5, 5.41) is 16.8. The monoisotopic (exact) mass is 553 g/mol. The molecule has 0 amide bonds. The zero-order valence-corrected chi connectivity index (χ0v) is 23.3. The van der Waals surface area contributed by atoms with Crippen molar-refractivity contribution in [3.8, 4) is 33.6 Å². The lowest BCUT2D eigenvalue weighted by Gasteiger charge is -2.12. The summed E-state index contributed by atoms with van der Waals surface area (Å²) in [7, 11) is 0. The fourth-order valence-corrected chi connectivity index (χ4v) is 7.59. The van der Waals surface area contributed by atoms with Crippen molar-refractivity contribution < 1.29 is 0 Å². The Morgan fingerprint density at radius 3 is 1.98 bits per heavy atom. The van der Waals surface area contributed by atoms with Crippen LogP contribution in [0.15, 0.2) is 140 Å². The van der Waals surface area contributed by atoms with E-state index in [1.54, 1.807) is 0 Å². The second-order valence-electron chi connectivity index (χ2n) is 10.7. The van der Waals surface area contributed by atoms with Gasteiger partial charge in [0.25, 0.3) is 0 Å². The third kappa shape index (κ3) is 3.46. The lowest BCUT2D eigenvalue weighted by atomic mass is 9.95. The SMILES string of the molecule is c1ccc2c(-c3cn4c(-c5ccc(-c6cccc7c6sc6ccccc67)cc5)nnc4c4ccccc34)cccc2c1. The zero-order valence-electron chi connectivity index (χ0n) is 22.5. The van der Waals surface area contributed by atoms with Gasteiger partial charge in [0, 0.05) is 42.9 Å². The van der Waals surface area contributed by atoms with Gasteiger partial charge in [-0.25, -0.2) is 0 Å². The molecule has 0 aliphatic rings. The zero-order chi connectivity index (χ0) is 27.6. The van der Waals surface area contributed by atoms with Crippen LogP contribution in [0.25, 0.3) is 81.0 Å². The Balaban J connectivity index is 1.22. The molecule has 4 heteroatoms. The molecule has 3 heterocycles. The van der Waals surface area contributed by atoms with E-state index >= 15 is 0 Å². The van der Waals surface area contributed by atoms with Crippen LogP contribution in [0.1, 0.15) is 0 Å². The number of benzene rings is 6. The van der Waals surface area contributed by atoms with Gasteiger partial charge >= 0.3 is 0 Å². The highest BCUT2D eigenvalue weighted by Gasteiger charge is 2.17. The first-order valence-electron chi connectivity index (χ1n) is 14.1. The summed E-state index contributed by atoms with van der Waals surface area (Å²) in [4.78, 5) is 0. The number of thiophene rings is 1. The maximum absolute atomic E-state index is 4.71. The van der Waals surface area contributed by atoms with Crippen molar-refractivity contribution in [3.05, 3.63) is 140 Å². The van der Waals surface area contributed by atoms with Gasteiger partial charge in [-0.2, -0.15) is 0 Å². The summed E-state index contributed by atoms with van der Waals surface area (Å²) in [5.41, 5.74) is 6.74. The Morgan fingerprint density at radius 1 is 0.452 bits per heavy atom. The molecule has 0 spiro atoms. The molecule has 196 valence electrons. The molecule has 0 atom stereocenters. The van der Waals surface area contributed by atoms with Crippen molar-refractivity contribution in [1.29, 1.82) is 0 Å². The highest BCUT2D eigenvalue weighted by molar-refractivity contribution is 7.26. The predicted octanol–water partition coefficient (Wildman–Crippen LogP) is 10.4. The minimum absolute atomic E-state index is 0.837. The minimum Gasteiger partial charge on any atom is -0.281 e.